The van der Waals surface area contributed by atoms with Gasteiger partial charge in [0, 0.05) is 5.25 Å². The van der Waals surface area contributed by atoms with Crippen LogP contribution in [0.3, 0.4) is 0 Å². The SMILES string of the molecule is CCCCCCCC[C@@H]1CC[C@@H]2[C@H]3CC=C4C[C@H](SC(=O)OC5CCCCC5)CC[C@]4(C)[C@@H]3CC[C@]12C. The van der Waals surface area contributed by atoms with Crippen LogP contribution in [-0.4, -0.2) is 16.7 Å². The topological polar surface area (TPSA) is 26.3 Å². The van der Waals surface area contributed by atoms with Crippen LogP contribution < -0.4 is 0 Å². The fourth-order valence-corrected chi connectivity index (χ4v) is 10.9. The molecule has 0 aliphatic heterocycles. The molecule has 0 radical (unpaired) electrons. The molecule has 0 heterocycles. The van der Waals surface area contributed by atoms with Crippen molar-refractivity contribution in [2.45, 2.75) is 161 Å². The van der Waals surface area contributed by atoms with Gasteiger partial charge in [0.25, 0.3) is 0 Å². The highest BCUT2D eigenvalue weighted by Crippen LogP contribution is 2.67. The van der Waals surface area contributed by atoms with Gasteiger partial charge in [0.15, 0.2) is 0 Å². The molecule has 210 valence electrons. The van der Waals surface area contributed by atoms with E-state index in [4.69, 9.17) is 4.74 Å². The molecule has 4 saturated carbocycles. The van der Waals surface area contributed by atoms with Crippen molar-refractivity contribution < 1.29 is 9.53 Å². The van der Waals surface area contributed by atoms with Crippen LogP contribution in [0.2, 0.25) is 0 Å². The predicted octanol–water partition coefficient (Wildman–Crippen LogP) is 10.9. The Morgan fingerprint density at radius 1 is 0.919 bits per heavy atom. The zero-order chi connectivity index (χ0) is 25.9. The average Bonchev–Trinajstić information content (AvgIpc) is 3.23. The molecule has 0 spiro atoms. The molecule has 5 aliphatic carbocycles. The number of thioether (sulfide) groups is 1. The monoisotopic (exact) mass is 528 g/mol. The number of unbranched alkanes of at least 4 members (excludes halogenated alkanes) is 5. The molecular weight excluding hydrogens is 472 g/mol. The summed E-state index contributed by atoms with van der Waals surface area (Å²) in [5, 5.41) is 0.430. The molecule has 0 saturated heterocycles. The summed E-state index contributed by atoms with van der Waals surface area (Å²) in [4.78, 5) is 12.7. The van der Waals surface area contributed by atoms with Gasteiger partial charge in [-0.1, -0.05) is 77.4 Å². The molecule has 37 heavy (non-hydrogen) atoms. The van der Waals surface area contributed by atoms with Crippen LogP contribution in [0.4, 0.5) is 4.79 Å². The van der Waals surface area contributed by atoms with Crippen molar-refractivity contribution >= 4 is 17.1 Å². The summed E-state index contributed by atoms with van der Waals surface area (Å²) in [6.45, 7) is 7.64. The van der Waals surface area contributed by atoms with Gasteiger partial charge in [0.1, 0.15) is 6.10 Å². The number of fused-ring (bicyclic) bond motifs is 5. The van der Waals surface area contributed by atoms with E-state index >= 15 is 0 Å². The van der Waals surface area contributed by atoms with Crippen LogP contribution in [0.5, 0.6) is 0 Å². The van der Waals surface area contributed by atoms with E-state index in [2.05, 4.69) is 26.8 Å². The number of hydrogen-bond donors (Lipinski definition) is 0. The Morgan fingerprint density at radius 2 is 1.70 bits per heavy atom. The second kappa shape index (κ2) is 12.4. The minimum Gasteiger partial charge on any atom is -0.454 e. The van der Waals surface area contributed by atoms with Crippen LogP contribution in [-0.2, 0) is 4.74 Å². The van der Waals surface area contributed by atoms with Gasteiger partial charge in [-0.05, 0) is 130 Å². The summed E-state index contributed by atoms with van der Waals surface area (Å²) in [6, 6.07) is 0. The van der Waals surface area contributed by atoms with Gasteiger partial charge in [-0.15, -0.1) is 0 Å². The van der Waals surface area contributed by atoms with Gasteiger partial charge in [-0.25, -0.2) is 4.79 Å². The van der Waals surface area contributed by atoms with E-state index in [9.17, 15) is 4.79 Å². The summed E-state index contributed by atoms with van der Waals surface area (Å²) >= 11 is 1.52. The van der Waals surface area contributed by atoms with Gasteiger partial charge in [0.05, 0.1) is 0 Å². The quantitative estimate of drug-likeness (QED) is 0.169. The lowest BCUT2D eigenvalue weighted by Gasteiger charge is -2.58. The maximum atomic E-state index is 12.7. The Hall–Kier alpha value is -0.440. The Morgan fingerprint density at radius 3 is 2.51 bits per heavy atom. The number of carbonyl (C=O) groups excluding carboxylic acids is 1. The zero-order valence-corrected chi connectivity index (χ0v) is 25.2. The Labute approximate surface area is 232 Å². The van der Waals surface area contributed by atoms with E-state index in [1.54, 1.807) is 5.57 Å². The van der Waals surface area contributed by atoms with Crippen molar-refractivity contribution in [2.24, 2.45) is 34.5 Å². The predicted molar refractivity (Wildman–Crippen MR) is 158 cm³/mol. The molecule has 0 aromatic heterocycles. The first kappa shape index (κ1) is 28.1. The number of hydrogen-bond acceptors (Lipinski definition) is 3. The van der Waals surface area contributed by atoms with Crippen LogP contribution in [0.1, 0.15) is 149 Å². The van der Waals surface area contributed by atoms with Gasteiger partial charge >= 0.3 is 5.30 Å². The van der Waals surface area contributed by atoms with Crippen LogP contribution >= 0.6 is 11.8 Å². The first-order chi connectivity index (χ1) is 17.9. The van der Waals surface area contributed by atoms with E-state index in [0.29, 0.717) is 16.1 Å². The van der Waals surface area contributed by atoms with E-state index in [0.717, 1.165) is 42.9 Å². The molecule has 2 nitrogen and oxygen atoms in total. The highest BCUT2D eigenvalue weighted by molar-refractivity contribution is 8.13. The second-order valence-electron chi connectivity index (χ2n) is 14.2. The smallest absolute Gasteiger partial charge is 0.367 e. The molecular formula is C34H56O2S. The summed E-state index contributed by atoms with van der Waals surface area (Å²) in [7, 11) is 0. The third-order valence-corrected chi connectivity index (χ3v) is 13.3. The van der Waals surface area contributed by atoms with Crippen LogP contribution in [0.15, 0.2) is 11.6 Å². The first-order valence-corrected chi connectivity index (χ1v) is 17.4. The standard InChI is InChI=1S/C34H56O2S/c1-4-5-6-7-8-10-13-25-17-19-30-29-18-16-26-24-28(37-32(35)36-27-14-11-9-12-15-27)20-22-34(26,3)31(29)21-23-33(25,30)2/h16,25,27-31H,4-15,17-24H2,1-3H3/t25-,28-,29-,30-,31-,33-,34+/m1/s1. The maximum absolute atomic E-state index is 12.7. The fraction of sp³-hybridized carbons (Fsp3) is 0.912. The lowest BCUT2D eigenvalue weighted by atomic mass is 9.47. The Bertz CT molecular complexity index is 800. The number of rotatable bonds is 9. The number of allylic oxidation sites excluding steroid dienone is 2. The Balaban J connectivity index is 1.16. The lowest BCUT2D eigenvalue weighted by Crippen LogP contribution is -2.50. The molecule has 5 aliphatic rings. The van der Waals surface area contributed by atoms with E-state index in [1.165, 1.54) is 121 Å². The summed E-state index contributed by atoms with van der Waals surface area (Å²) in [5.74, 6) is 3.70. The first-order valence-electron chi connectivity index (χ1n) is 16.5. The van der Waals surface area contributed by atoms with Crippen LogP contribution in [0.25, 0.3) is 0 Å². The average molecular weight is 529 g/mol. The van der Waals surface area contributed by atoms with E-state index in [1.807, 2.05) is 0 Å². The zero-order valence-electron chi connectivity index (χ0n) is 24.4. The van der Waals surface area contributed by atoms with Crippen molar-refractivity contribution in [1.82, 2.24) is 0 Å². The molecule has 0 unspecified atom stereocenters. The molecule has 5 rings (SSSR count). The van der Waals surface area contributed by atoms with Crippen molar-refractivity contribution in [3.05, 3.63) is 11.6 Å². The van der Waals surface area contributed by atoms with Gasteiger partial charge in [0.2, 0.25) is 0 Å². The fourth-order valence-electron chi connectivity index (χ4n) is 9.97. The molecule has 4 fully saturated rings. The summed E-state index contributed by atoms with van der Waals surface area (Å²) < 4.78 is 5.87. The largest absolute Gasteiger partial charge is 0.454 e. The third kappa shape index (κ3) is 6.02. The van der Waals surface area contributed by atoms with E-state index in [-0.39, 0.29) is 11.4 Å². The molecule has 0 aromatic rings. The molecule has 7 atom stereocenters. The third-order valence-electron chi connectivity index (χ3n) is 12.2. The molecule has 0 amide bonds. The van der Waals surface area contributed by atoms with Crippen molar-refractivity contribution in [3.63, 3.8) is 0 Å². The van der Waals surface area contributed by atoms with Crippen molar-refractivity contribution in [2.75, 3.05) is 0 Å². The maximum Gasteiger partial charge on any atom is 0.367 e. The van der Waals surface area contributed by atoms with Gasteiger partial charge < -0.3 is 4.74 Å². The summed E-state index contributed by atoms with van der Waals surface area (Å²) in [6.07, 6.45) is 29.6. The second-order valence-corrected chi connectivity index (χ2v) is 15.5. The number of ether oxygens (including phenoxy) is 1. The van der Waals surface area contributed by atoms with Crippen molar-refractivity contribution in [1.29, 1.82) is 0 Å². The summed E-state index contributed by atoms with van der Waals surface area (Å²) in [5.41, 5.74) is 2.68. The highest BCUT2D eigenvalue weighted by Gasteiger charge is 2.58. The Kier molecular flexibility index (Phi) is 9.41. The van der Waals surface area contributed by atoms with Crippen LogP contribution in [0, 0.1) is 34.5 Å². The lowest BCUT2D eigenvalue weighted by molar-refractivity contribution is -0.0422. The molecule has 0 aromatic carbocycles. The minimum atomic E-state index is 0.00517. The molecule has 3 heteroatoms. The van der Waals surface area contributed by atoms with Gasteiger partial charge in [-0.3, -0.25) is 0 Å². The van der Waals surface area contributed by atoms with Crippen molar-refractivity contribution in [3.8, 4) is 0 Å². The van der Waals surface area contributed by atoms with E-state index < -0.39 is 0 Å². The minimum absolute atomic E-state index is 0.00517. The number of carbonyl (C=O) groups is 1. The normalized spacial score (nSPS) is 39.9. The molecule has 0 N–H and O–H groups in total. The highest BCUT2D eigenvalue weighted by atomic mass is 32.2. The van der Waals surface area contributed by atoms with Gasteiger partial charge in [-0.2, -0.15) is 0 Å². The molecule has 0 bridgehead atoms.